The quantitative estimate of drug-likeness (QED) is 0.484. The minimum absolute atomic E-state index is 0.0618. The monoisotopic (exact) mass is 375 g/mol. The van der Waals surface area contributed by atoms with E-state index in [4.69, 9.17) is 0 Å². The summed E-state index contributed by atoms with van der Waals surface area (Å²) in [4.78, 5) is 19.9. The number of likely N-dealkylation sites (N-methyl/N-ethyl adjacent to an activating group) is 1. The first-order chi connectivity index (χ1) is 12.9. The van der Waals surface area contributed by atoms with Gasteiger partial charge in [-0.2, -0.15) is 0 Å². The maximum absolute atomic E-state index is 13.7. The summed E-state index contributed by atoms with van der Waals surface area (Å²) < 4.78 is 27.4. The van der Waals surface area contributed by atoms with E-state index in [1.807, 2.05) is 6.07 Å². The number of benzene rings is 1. The van der Waals surface area contributed by atoms with Gasteiger partial charge in [0.15, 0.2) is 0 Å². The highest BCUT2D eigenvalue weighted by Crippen LogP contribution is 2.21. The first-order valence-electron chi connectivity index (χ1n) is 9.61. The summed E-state index contributed by atoms with van der Waals surface area (Å²) in [5.74, 6) is 0.288. The normalized spacial score (nSPS) is 15.5. The van der Waals surface area contributed by atoms with Crippen LogP contribution >= 0.6 is 0 Å². The number of carbonyl (C=O) groups excluding carboxylic acids is 1. The Morgan fingerprint density at radius 3 is 2.30 bits per heavy atom. The van der Waals surface area contributed by atoms with Crippen LogP contribution in [0.5, 0.6) is 0 Å². The zero-order valence-electron chi connectivity index (χ0n) is 16.6. The molecule has 0 aromatic heterocycles. The van der Waals surface area contributed by atoms with Crippen molar-refractivity contribution in [2.75, 3.05) is 25.0 Å². The predicted molar refractivity (Wildman–Crippen MR) is 110 cm³/mol. The molecular weight excluding hydrogens is 347 g/mol. The molecule has 1 heterocycles. The Kier molecular flexibility index (Phi) is 7.57. The minimum Gasteiger partial charge on any atom is -0.372 e. The van der Waals surface area contributed by atoms with Crippen molar-refractivity contribution in [2.24, 2.45) is 4.99 Å². The lowest BCUT2D eigenvalue weighted by molar-refractivity contribution is -0.121. The number of hydrogen-bond donors (Lipinski definition) is 0. The van der Waals surface area contributed by atoms with Crippen LogP contribution in [0.3, 0.4) is 0 Å². The first-order valence-corrected chi connectivity index (χ1v) is 9.61. The smallest absolute Gasteiger partial charge is 0.372 e. The van der Waals surface area contributed by atoms with Crippen molar-refractivity contribution in [3.8, 4) is 0 Å². The van der Waals surface area contributed by atoms with E-state index in [0.29, 0.717) is 11.4 Å². The van der Waals surface area contributed by atoms with Gasteiger partial charge in [0.25, 0.3) is 5.91 Å². The summed E-state index contributed by atoms with van der Waals surface area (Å²) in [6.07, 6.45) is 5.62. The molecule has 0 saturated heterocycles. The van der Waals surface area contributed by atoms with Gasteiger partial charge in [0.05, 0.1) is 0 Å². The van der Waals surface area contributed by atoms with Gasteiger partial charge in [-0.15, -0.1) is 0 Å². The molecule has 0 aliphatic carbocycles. The van der Waals surface area contributed by atoms with E-state index in [-0.39, 0.29) is 17.1 Å². The van der Waals surface area contributed by atoms with E-state index in [1.165, 1.54) is 11.0 Å². The Labute approximate surface area is 161 Å². The standard InChI is InChI=1S/C20H28BF2N3O/c1-5-7-11-26(12-8-6-2)17-10-9-16(18(14-17)21(22)23)13-19-20(27)25(4)15(3)24-19/h9-10,13-14H,5-8,11-12H2,1-4H3/b19-13-. The Morgan fingerprint density at radius 2 is 1.81 bits per heavy atom. The van der Waals surface area contributed by atoms with Gasteiger partial charge in [-0.25, -0.2) is 4.99 Å². The third kappa shape index (κ3) is 5.18. The average molecular weight is 375 g/mol. The van der Waals surface area contributed by atoms with Gasteiger partial charge in [0.2, 0.25) is 0 Å². The minimum atomic E-state index is -2.62. The molecule has 27 heavy (non-hydrogen) atoms. The lowest BCUT2D eigenvalue weighted by Crippen LogP contribution is -2.30. The van der Waals surface area contributed by atoms with Gasteiger partial charge in [0, 0.05) is 31.3 Å². The largest absolute Gasteiger partial charge is 0.572 e. The number of rotatable bonds is 9. The molecular formula is C20H28BF2N3O. The molecule has 0 spiro atoms. The fourth-order valence-corrected chi connectivity index (χ4v) is 3.00. The Morgan fingerprint density at radius 1 is 1.19 bits per heavy atom. The molecule has 0 bridgehead atoms. The van der Waals surface area contributed by atoms with Gasteiger partial charge in [0.1, 0.15) is 11.5 Å². The van der Waals surface area contributed by atoms with Crippen LogP contribution in [-0.2, 0) is 4.79 Å². The summed E-state index contributed by atoms with van der Waals surface area (Å²) in [6, 6.07) is 5.09. The first kappa shape index (κ1) is 21.1. The van der Waals surface area contributed by atoms with E-state index >= 15 is 0 Å². The fraction of sp³-hybridized carbons (Fsp3) is 0.500. The van der Waals surface area contributed by atoms with Crippen LogP contribution in [0, 0.1) is 0 Å². The highest BCUT2D eigenvalue weighted by Gasteiger charge is 2.26. The van der Waals surface area contributed by atoms with Gasteiger partial charge in [-0.1, -0.05) is 32.8 Å². The molecule has 0 fully saturated rings. The van der Waals surface area contributed by atoms with E-state index < -0.39 is 7.27 Å². The van der Waals surface area contributed by atoms with Gasteiger partial charge in [-0.05, 0) is 43.5 Å². The fourth-order valence-electron chi connectivity index (χ4n) is 3.00. The summed E-state index contributed by atoms with van der Waals surface area (Å²) in [6.45, 7) is 7.67. The van der Waals surface area contributed by atoms with Crippen LogP contribution in [0.4, 0.5) is 14.3 Å². The molecule has 1 aromatic carbocycles. The molecule has 1 aliphatic heterocycles. The lowest BCUT2D eigenvalue weighted by atomic mass is 9.81. The molecule has 0 atom stereocenters. The maximum atomic E-state index is 13.7. The molecule has 0 radical (unpaired) electrons. The molecule has 4 nitrogen and oxygen atoms in total. The Bertz CT molecular complexity index is 726. The number of unbranched alkanes of at least 4 members (excludes halogenated alkanes) is 2. The molecule has 0 N–H and O–H groups in total. The van der Waals surface area contributed by atoms with Crippen LogP contribution in [-0.4, -0.2) is 44.0 Å². The van der Waals surface area contributed by atoms with Gasteiger partial charge >= 0.3 is 7.27 Å². The topological polar surface area (TPSA) is 35.9 Å². The molecule has 146 valence electrons. The van der Waals surface area contributed by atoms with Crippen molar-refractivity contribution in [2.45, 2.75) is 46.5 Å². The van der Waals surface area contributed by atoms with Crippen LogP contribution in [0.1, 0.15) is 52.0 Å². The van der Waals surface area contributed by atoms with Crippen LogP contribution in [0.25, 0.3) is 6.08 Å². The van der Waals surface area contributed by atoms with Crippen LogP contribution in [0.15, 0.2) is 28.9 Å². The number of anilines is 1. The van der Waals surface area contributed by atoms with E-state index in [0.717, 1.165) is 44.5 Å². The van der Waals surface area contributed by atoms with Gasteiger partial charge in [-0.3, -0.25) is 18.3 Å². The number of amidine groups is 1. The summed E-state index contributed by atoms with van der Waals surface area (Å²) in [7, 11) is -0.992. The predicted octanol–water partition coefficient (Wildman–Crippen LogP) is 3.96. The average Bonchev–Trinajstić information content (AvgIpc) is 2.89. The summed E-state index contributed by atoms with van der Waals surface area (Å²) in [5.41, 5.74) is 1.28. The van der Waals surface area contributed by atoms with E-state index in [2.05, 4.69) is 23.7 Å². The number of halogens is 2. The van der Waals surface area contributed by atoms with Crippen molar-refractivity contribution in [3.05, 3.63) is 29.5 Å². The van der Waals surface area contributed by atoms with Crippen LogP contribution in [0.2, 0.25) is 0 Å². The second kappa shape index (κ2) is 9.67. The van der Waals surface area contributed by atoms with Crippen molar-refractivity contribution in [3.63, 3.8) is 0 Å². The van der Waals surface area contributed by atoms with Crippen LogP contribution < -0.4 is 10.4 Å². The van der Waals surface area contributed by atoms with Crippen molar-refractivity contribution in [1.82, 2.24) is 4.90 Å². The Hall–Kier alpha value is -2.18. The third-order valence-electron chi connectivity index (χ3n) is 4.82. The molecule has 0 saturated carbocycles. The molecule has 1 amide bonds. The van der Waals surface area contributed by atoms with Crippen molar-refractivity contribution >= 4 is 36.2 Å². The second-order valence-electron chi connectivity index (χ2n) is 6.86. The van der Waals surface area contributed by atoms with Gasteiger partial charge < -0.3 is 4.90 Å². The SMILES string of the molecule is CCCCN(CCCC)c1ccc(/C=C2\N=C(C)N(C)C2=O)c(B(F)F)c1. The van der Waals surface area contributed by atoms with Crippen molar-refractivity contribution < 1.29 is 13.4 Å². The van der Waals surface area contributed by atoms with Crippen molar-refractivity contribution in [1.29, 1.82) is 0 Å². The zero-order valence-corrected chi connectivity index (χ0v) is 16.6. The third-order valence-corrected chi connectivity index (χ3v) is 4.82. The molecule has 2 rings (SSSR count). The summed E-state index contributed by atoms with van der Waals surface area (Å²) >= 11 is 0. The van der Waals surface area contributed by atoms with E-state index in [9.17, 15) is 13.4 Å². The van der Waals surface area contributed by atoms with E-state index in [1.54, 1.807) is 26.1 Å². The number of hydrogen-bond acceptors (Lipinski definition) is 3. The number of carbonyl (C=O) groups is 1. The highest BCUT2D eigenvalue weighted by molar-refractivity contribution is 6.61. The Balaban J connectivity index is 2.37. The lowest BCUT2D eigenvalue weighted by Gasteiger charge is -2.25. The molecule has 7 heteroatoms. The molecule has 1 aliphatic rings. The highest BCUT2D eigenvalue weighted by atomic mass is 19.2. The number of aliphatic imine (C=N–C) groups is 1. The summed E-state index contributed by atoms with van der Waals surface area (Å²) in [5, 5.41) is 0. The molecule has 0 unspecified atom stereocenters. The zero-order chi connectivity index (χ0) is 20.0. The molecule has 1 aromatic rings. The second-order valence-corrected chi connectivity index (χ2v) is 6.86. The number of nitrogens with zero attached hydrogens (tertiary/aromatic N) is 3. The maximum Gasteiger partial charge on any atom is 0.572 e. The number of amides is 1.